The van der Waals surface area contributed by atoms with Gasteiger partial charge in [-0.1, -0.05) is 17.7 Å². The molecule has 0 unspecified atom stereocenters. The minimum atomic E-state index is -0.0712. The van der Waals surface area contributed by atoms with Crippen LogP contribution in [0.5, 0.6) is 5.75 Å². The predicted octanol–water partition coefficient (Wildman–Crippen LogP) is 1.34. The summed E-state index contributed by atoms with van der Waals surface area (Å²) in [5, 5.41) is 11.1. The minimum absolute atomic E-state index is 0.0712. The molecule has 0 atom stereocenters. The molecule has 1 N–H and O–H groups in total. The molecule has 0 bridgehead atoms. The van der Waals surface area contributed by atoms with Crippen molar-refractivity contribution in [2.75, 3.05) is 33.3 Å². The van der Waals surface area contributed by atoms with Crippen LogP contribution in [0.2, 0.25) is 0 Å². The molecule has 1 amide bonds. The van der Waals surface area contributed by atoms with Gasteiger partial charge in [-0.05, 0) is 26.1 Å². The van der Waals surface area contributed by atoms with Crippen LogP contribution in [0.15, 0.2) is 24.3 Å². The zero-order valence-corrected chi connectivity index (χ0v) is 12.1. The molecule has 0 radical (unpaired) electrons. The summed E-state index contributed by atoms with van der Waals surface area (Å²) in [6, 6.07) is 9.86. The highest BCUT2D eigenvalue weighted by molar-refractivity contribution is 5.77. The maximum Gasteiger partial charge on any atom is 0.234 e. The van der Waals surface area contributed by atoms with E-state index in [1.54, 1.807) is 0 Å². The topological polar surface area (TPSA) is 65.4 Å². The fourth-order valence-electron chi connectivity index (χ4n) is 1.59. The van der Waals surface area contributed by atoms with E-state index in [4.69, 9.17) is 10.00 Å². The van der Waals surface area contributed by atoms with Crippen LogP contribution in [0, 0.1) is 18.3 Å². The van der Waals surface area contributed by atoms with E-state index >= 15 is 0 Å². The van der Waals surface area contributed by atoms with Gasteiger partial charge in [0.1, 0.15) is 12.4 Å². The van der Waals surface area contributed by atoms with E-state index in [1.165, 1.54) is 5.56 Å². The van der Waals surface area contributed by atoms with Crippen LogP contribution < -0.4 is 10.1 Å². The van der Waals surface area contributed by atoms with Crippen molar-refractivity contribution in [3.05, 3.63) is 29.8 Å². The molecule has 1 rings (SSSR count). The number of hydrogen-bond donors (Lipinski definition) is 1. The van der Waals surface area contributed by atoms with E-state index in [-0.39, 0.29) is 5.91 Å². The van der Waals surface area contributed by atoms with E-state index < -0.39 is 0 Å². The lowest BCUT2D eigenvalue weighted by Gasteiger charge is -2.16. The number of rotatable bonds is 8. The smallest absolute Gasteiger partial charge is 0.234 e. The molecule has 1 aromatic rings. The Morgan fingerprint density at radius 2 is 2.10 bits per heavy atom. The van der Waals surface area contributed by atoms with Gasteiger partial charge in [-0.15, -0.1) is 0 Å². The lowest BCUT2D eigenvalue weighted by molar-refractivity contribution is -0.121. The number of amides is 1. The zero-order valence-electron chi connectivity index (χ0n) is 12.1. The van der Waals surface area contributed by atoms with E-state index in [9.17, 15) is 4.79 Å². The van der Waals surface area contributed by atoms with E-state index in [0.29, 0.717) is 32.7 Å². The highest BCUT2D eigenvalue weighted by atomic mass is 16.5. The minimum Gasteiger partial charge on any atom is -0.492 e. The predicted molar refractivity (Wildman–Crippen MR) is 77.4 cm³/mol. The first-order chi connectivity index (χ1) is 9.61. The van der Waals surface area contributed by atoms with Crippen LogP contribution >= 0.6 is 0 Å². The molecule has 0 aromatic heterocycles. The van der Waals surface area contributed by atoms with Gasteiger partial charge in [0, 0.05) is 13.1 Å². The Morgan fingerprint density at radius 1 is 1.40 bits per heavy atom. The van der Waals surface area contributed by atoms with Gasteiger partial charge in [0.25, 0.3) is 0 Å². The monoisotopic (exact) mass is 275 g/mol. The van der Waals surface area contributed by atoms with Gasteiger partial charge >= 0.3 is 0 Å². The summed E-state index contributed by atoms with van der Waals surface area (Å²) in [7, 11) is 1.86. The summed E-state index contributed by atoms with van der Waals surface area (Å²) >= 11 is 0. The van der Waals surface area contributed by atoms with E-state index in [2.05, 4.69) is 5.32 Å². The third kappa shape index (κ3) is 6.76. The molecular weight excluding hydrogens is 254 g/mol. The molecule has 0 aliphatic rings. The molecule has 0 heterocycles. The van der Waals surface area contributed by atoms with Crippen LogP contribution in [0.25, 0.3) is 0 Å². The van der Waals surface area contributed by atoms with Gasteiger partial charge in [-0.2, -0.15) is 5.26 Å². The van der Waals surface area contributed by atoms with Crippen LogP contribution in [-0.2, 0) is 4.79 Å². The lowest BCUT2D eigenvalue weighted by atomic mass is 10.2. The van der Waals surface area contributed by atoms with E-state index in [1.807, 2.05) is 49.2 Å². The number of nitrogens with zero attached hydrogens (tertiary/aromatic N) is 2. The number of nitriles is 1. The van der Waals surface area contributed by atoms with Crippen molar-refractivity contribution in [2.45, 2.75) is 13.3 Å². The Balaban J connectivity index is 2.16. The van der Waals surface area contributed by atoms with Gasteiger partial charge < -0.3 is 10.1 Å². The van der Waals surface area contributed by atoms with Crippen LogP contribution in [0.4, 0.5) is 0 Å². The largest absolute Gasteiger partial charge is 0.492 e. The molecule has 108 valence electrons. The molecule has 5 heteroatoms. The number of nitrogens with one attached hydrogen (secondary N) is 1. The molecule has 1 aromatic carbocycles. The Labute approximate surface area is 120 Å². The second-order valence-electron chi connectivity index (χ2n) is 4.66. The van der Waals surface area contributed by atoms with Crippen LogP contribution in [0.1, 0.15) is 12.0 Å². The summed E-state index contributed by atoms with van der Waals surface area (Å²) in [5.74, 6) is 0.764. The molecule has 0 aliphatic carbocycles. The number of benzene rings is 1. The number of carbonyl (C=O) groups is 1. The van der Waals surface area contributed by atoms with Crippen molar-refractivity contribution in [3.63, 3.8) is 0 Å². The van der Waals surface area contributed by atoms with Crippen LogP contribution in [0.3, 0.4) is 0 Å². The summed E-state index contributed by atoms with van der Waals surface area (Å²) in [6.45, 7) is 3.94. The molecule has 0 saturated heterocycles. The maximum absolute atomic E-state index is 11.5. The first-order valence-corrected chi connectivity index (χ1v) is 6.63. The van der Waals surface area contributed by atoms with Gasteiger partial charge in [-0.25, -0.2) is 0 Å². The van der Waals surface area contributed by atoms with Crippen molar-refractivity contribution < 1.29 is 9.53 Å². The summed E-state index contributed by atoms with van der Waals surface area (Å²) in [5.41, 5.74) is 1.20. The SMILES string of the molecule is Cc1ccc(OCCN(C)CC(=O)NCCC#N)cc1. The fraction of sp³-hybridized carbons (Fsp3) is 0.467. The Morgan fingerprint density at radius 3 is 2.75 bits per heavy atom. The van der Waals surface area contributed by atoms with Crippen LogP contribution in [-0.4, -0.2) is 44.1 Å². The van der Waals surface area contributed by atoms with Gasteiger partial charge in [0.15, 0.2) is 0 Å². The number of carbonyl (C=O) groups excluding carboxylic acids is 1. The molecule has 0 aliphatic heterocycles. The average molecular weight is 275 g/mol. The molecule has 0 fully saturated rings. The molecule has 5 nitrogen and oxygen atoms in total. The second kappa shape index (κ2) is 8.94. The average Bonchev–Trinajstić information content (AvgIpc) is 2.41. The number of hydrogen-bond acceptors (Lipinski definition) is 4. The van der Waals surface area contributed by atoms with Gasteiger partial charge in [-0.3, -0.25) is 9.69 Å². The van der Waals surface area contributed by atoms with Crippen molar-refractivity contribution >= 4 is 5.91 Å². The Hall–Kier alpha value is -2.06. The lowest BCUT2D eigenvalue weighted by Crippen LogP contribution is -2.37. The first kappa shape index (κ1) is 16.0. The van der Waals surface area contributed by atoms with Gasteiger partial charge in [0.05, 0.1) is 19.0 Å². The van der Waals surface area contributed by atoms with Gasteiger partial charge in [0.2, 0.25) is 5.91 Å². The first-order valence-electron chi connectivity index (χ1n) is 6.63. The van der Waals surface area contributed by atoms with Crippen molar-refractivity contribution in [1.82, 2.24) is 10.2 Å². The van der Waals surface area contributed by atoms with Crippen molar-refractivity contribution in [2.24, 2.45) is 0 Å². The maximum atomic E-state index is 11.5. The summed E-state index contributed by atoms with van der Waals surface area (Å²) in [6.07, 6.45) is 0.339. The summed E-state index contributed by atoms with van der Waals surface area (Å²) in [4.78, 5) is 13.4. The zero-order chi connectivity index (χ0) is 14.8. The van der Waals surface area contributed by atoms with Crippen molar-refractivity contribution in [3.8, 4) is 11.8 Å². The normalized spacial score (nSPS) is 10.1. The number of ether oxygens (including phenoxy) is 1. The standard InChI is InChI=1S/C15H21N3O2/c1-13-4-6-14(7-5-13)20-11-10-18(2)12-15(19)17-9-3-8-16/h4-7H,3,9-12H2,1-2H3,(H,17,19). The third-order valence-electron chi connectivity index (χ3n) is 2.74. The summed E-state index contributed by atoms with van der Waals surface area (Å²) < 4.78 is 5.60. The number of likely N-dealkylation sites (N-methyl/N-ethyl adjacent to an activating group) is 1. The van der Waals surface area contributed by atoms with Crippen molar-refractivity contribution in [1.29, 1.82) is 5.26 Å². The third-order valence-corrected chi connectivity index (χ3v) is 2.74. The fourth-order valence-corrected chi connectivity index (χ4v) is 1.59. The molecule has 0 saturated carbocycles. The Kier molecular flexibility index (Phi) is 7.15. The number of aryl methyl sites for hydroxylation is 1. The second-order valence-corrected chi connectivity index (χ2v) is 4.66. The highest BCUT2D eigenvalue weighted by Crippen LogP contribution is 2.10. The molecular formula is C15H21N3O2. The quantitative estimate of drug-likeness (QED) is 0.727. The molecule has 20 heavy (non-hydrogen) atoms. The highest BCUT2D eigenvalue weighted by Gasteiger charge is 2.05. The Bertz CT molecular complexity index is 451. The molecule has 0 spiro atoms. The van der Waals surface area contributed by atoms with E-state index in [0.717, 1.165) is 5.75 Å².